The van der Waals surface area contributed by atoms with Gasteiger partial charge >= 0.3 is 11.7 Å². The van der Waals surface area contributed by atoms with Crippen molar-refractivity contribution < 1.29 is 18.8 Å². The highest BCUT2D eigenvalue weighted by Crippen LogP contribution is 2.17. The maximum atomic E-state index is 13.0. The summed E-state index contributed by atoms with van der Waals surface area (Å²) in [6.07, 6.45) is -0.112. The van der Waals surface area contributed by atoms with Crippen molar-refractivity contribution in [3.8, 4) is 11.8 Å². The molecule has 0 bridgehead atoms. The first-order valence-corrected chi connectivity index (χ1v) is 5.13. The summed E-state index contributed by atoms with van der Waals surface area (Å²) >= 11 is 0. The molecular formula is C12H10FNO4. The van der Waals surface area contributed by atoms with Gasteiger partial charge in [0, 0.05) is 11.6 Å². The number of nitro groups is 1. The maximum absolute atomic E-state index is 13.0. The fourth-order valence-electron chi connectivity index (χ4n) is 1.16. The second kappa shape index (κ2) is 6.35. The van der Waals surface area contributed by atoms with Gasteiger partial charge in [0.1, 0.15) is 6.42 Å². The lowest BCUT2D eigenvalue weighted by atomic mass is 10.2. The van der Waals surface area contributed by atoms with Crippen LogP contribution in [0.4, 0.5) is 10.1 Å². The summed E-state index contributed by atoms with van der Waals surface area (Å²) in [5, 5.41) is 10.5. The van der Waals surface area contributed by atoms with Crippen LogP contribution in [0.2, 0.25) is 0 Å². The SMILES string of the molecule is CCOC(=O)CC#Cc1ccc(F)c([N+](=O)[O-])c1. The lowest BCUT2D eigenvalue weighted by molar-refractivity contribution is -0.387. The predicted octanol–water partition coefficient (Wildman–Crippen LogP) is 2.04. The summed E-state index contributed by atoms with van der Waals surface area (Å²) in [6, 6.07) is 3.29. The minimum Gasteiger partial charge on any atom is -0.465 e. The Kier molecular flexibility index (Phi) is 4.81. The number of carbonyl (C=O) groups is 1. The van der Waals surface area contributed by atoms with E-state index in [0.717, 1.165) is 12.1 Å². The average molecular weight is 251 g/mol. The highest BCUT2D eigenvalue weighted by atomic mass is 19.1. The van der Waals surface area contributed by atoms with Crippen LogP contribution in [-0.4, -0.2) is 17.5 Å². The van der Waals surface area contributed by atoms with Crippen LogP contribution in [0.25, 0.3) is 0 Å². The van der Waals surface area contributed by atoms with Crippen molar-refractivity contribution in [3.63, 3.8) is 0 Å². The number of benzene rings is 1. The fraction of sp³-hybridized carbons (Fsp3) is 0.250. The molecule has 0 unspecified atom stereocenters. The third-order valence-corrected chi connectivity index (χ3v) is 1.91. The van der Waals surface area contributed by atoms with Gasteiger partial charge in [-0.1, -0.05) is 11.8 Å². The second-order valence-electron chi connectivity index (χ2n) is 3.21. The van der Waals surface area contributed by atoms with E-state index in [4.69, 9.17) is 0 Å². The molecule has 0 heterocycles. The molecule has 0 radical (unpaired) electrons. The Hall–Kier alpha value is -2.42. The fourth-order valence-corrected chi connectivity index (χ4v) is 1.16. The molecule has 1 aromatic rings. The average Bonchev–Trinajstić information content (AvgIpc) is 2.31. The third kappa shape index (κ3) is 3.87. The molecule has 0 saturated carbocycles. The summed E-state index contributed by atoms with van der Waals surface area (Å²) in [5.41, 5.74) is -0.370. The summed E-state index contributed by atoms with van der Waals surface area (Å²) in [7, 11) is 0. The Morgan fingerprint density at radius 2 is 2.28 bits per heavy atom. The zero-order valence-corrected chi connectivity index (χ0v) is 9.60. The number of ether oxygens (including phenoxy) is 1. The number of nitro benzene ring substituents is 1. The Morgan fingerprint density at radius 3 is 2.89 bits per heavy atom. The molecule has 1 aromatic carbocycles. The van der Waals surface area contributed by atoms with Crippen LogP contribution < -0.4 is 0 Å². The highest BCUT2D eigenvalue weighted by Gasteiger charge is 2.13. The van der Waals surface area contributed by atoms with Crippen molar-refractivity contribution in [3.05, 3.63) is 39.7 Å². The van der Waals surface area contributed by atoms with E-state index in [9.17, 15) is 19.3 Å². The molecular weight excluding hydrogens is 241 g/mol. The number of hydrogen-bond acceptors (Lipinski definition) is 4. The Balaban J connectivity index is 2.80. The van der Waals surface area contributed by atoms with Gasteiger partial charge in [-0.15, -0.1) is 0 Å². The van der Waals surface area contributed by atoms with Gasteiger partial charge in [-0.3, -0.25) is 14.9 Å². The summed E-state index contributed by atoms with van der Waals surface area (Å²) in [6.45, 7) is 1.94. The van der Waals surface area contributed by atoms with Gasteiger partial charge in [0.15, 0.2) is 0 Å². The number of halogens is 1. The van der Waals surface area contributed by atoms with E-state index >= 15 is 0 Å². The van der Waals surface area contributed by atoms with E-state index in [1.165, 1.54) is 6.07 Å². The first-order chi connectivity index (χ1) is 8.54. The summed E-state index contributed by atoms with van der Waals surface area (Å²) in [4.78, 5) is 20.6. The molecule has 0 saturated heterocycles. The van der Waals surface area contributed by atoms with Gasteiger partial charge in [0.2, 0.25) is 5.82 Å². The van der Waals surface area contributed by atoms with Crippen molar-refractivity contribution in [2.45, 2.75) is 13.3 Å². The second-order valence-corrected chi connectivity index (χ2v) is 3.21. The van der Waals surface area contributed by atoms with Crippen molar-refractivity contribution in [2.24, 2.45) is 0 Å². The van der Waals surface area contributed by atoms with Gasteiger partial charge in [-0.2, -0.15) is 4.39 Å². The molecule has 94 valence electrons. The molecule has 0 amide bonds. The first-order valence-electron chi connectivity index (χ1n) is 5.13. The predicted molar refractivity (Wildman–Crippen MR) is 61.2 cm³/mol. The zero-order chi connectivity index (χ0) is 13.5. The van der Waals surface area contributed by atoms with Crippen LogP contribution in [0.15, 0.2) is 18.2 Å². The highest BCUT2D eigenvalue weighted by molar-refractivity contribution is 5.72. The topological polar surface area (TPSA) is 69.4 Å². The molecule has 0 N–H and O–H groups in total. The number of carbonyl (C=O) groups excluding carboxylic acids is 1. The lowest BCUT2D eigenvalue weighted by Gasteiger charge is -1.95. The Labute approximate surface area is 103 Å². The van der Waals surface area contributed by atoms with Crippen LogP contribution in [0.5, 0.6) is 0 Å². The molecule has 0 aromatic heterocycles. The van der Waals surface area contributed by atoms with E-state index in [-0.39, 0.29) is 18.6 Å². The van der Waals surface area contributed by atoms with Crippen molar-refractivity contribution in [2.75, 3.05) is 6.61 Å². The van der Waals surface area contributed by atoms with Crippen molar-refractivity contribution in [1.29, 1.82) is 0 Å². The number of hydrogen-bond donors (Lipinski definition) is 0. The van der Waals surface area contributed by atoms with Gasteiger partial charge in [0.25, 0.3) is 0 Å². The van der Waals surface area contributed by atoms with Crippen LogP contribution >= 0.6 is 0 Å². The number of nitrogens with zero attached hydrogens (tertiary/aromatic N) is 1. The van der Waals surface area contributed by atoms with E-state index in [0.29, 0.717) is 0 Å². The largest absolute Gasteiger partial charge is 0.465 e. The third-order valence-electron chi connectivity index (χ3n) is 1.91. The first kappa shape index (κ1) is 13.6. The molecule has 0 atom stereocenters. The Morgan fingerprint density at radius 1 is 1.56 bits per heavy atom. The normalized spacial score (nSPS) is 9.22. The van der Waals surface area contributed by atoms with Crippen LogP contribution in [-0.2, 0) is 9.53 Å². The molecule has 18 heavy (non-hydrogen) atoms. The van der Waals surface area contributed by atoms with Gasteiger partial charge in [-0.05, 0) is 19.1 Å². The smallest absolute Gasteiger partial charge is 0.317 e. The molecule has 0 spiro atoms. The van der Waals surface area contributed by atoms with Crippen molar-refractivity contribution >= 4 is 11.7 Å². The number of rotatable bonds is 3. The molecule has 1 rings (SSSR count). The Bertz CT molecular complexity index is 531. The van der Waals surface area contributed by atoms with E-state index in [2.05, 4.69) is 16.6 Å². The quantitative estimate of drug-likeness (QED) is 0.357. The lowest BCUT2D eigenvalue weighted by Crippen LogP contribution is -2.01. The van der Waals surface area contributed by atoms with Crippen LogP contribution in [0.3, 0.4) is 0 Å². The summed E-state index contributed by atoms with van der Waals surface area (Å²) < 4.78 is 17.7. The molecule has 0 aliphatic carbocycles. The standard InChI is InChI=1S/C12H10FNO4/c1-2-18-12(15)5-3-4-9-6-7-10(13)11(8-9)14(16)17/h6-8H,2,5H2,1H3. The summed E-state index contributed by atoms with van der Waals surface area (Å²) in [5.74, 6) is 3.65. The van der Waals surface area contributed by atoms with E-state index in [1.54, 1.807) is 6.92 Å². The van der Waals surface area contributed by atoms with Gasteiger partial charge in [-0.25, -0.2) is 0 Å². The van der Waals surface area contributed by atoms with E-state index < -0.39 is 22.4 Å². The molecule has 6 heteroatoms. The molecule has 0 fully saturated rings. The van der Waals surface area contributed by atoms with Crippen molar-refractivity contribution in [1.82, 2.24) is 0 Å². The van der Waals surface area contributed by atoms with Crippen LogP contribution in [0.1, 0.15) is 18.9 Å². The van der Waals surface area contributed by atoms with Crippen LogP contribution in [0, 0.1) is 27.8 Å². The van der Waals surface area contributed by atoms with E-state index in [1.807, 2.05) is 0 Å². The van der Waals surface area contributed by atoms with Gasteiger partial charge < -0.3 is 4.74 Å². The molecule has 0 aliphatic rings. The maximum Gasteiger partial charge on any atom is 0.317 e. The minimum atomic E-state index is -0.920. The molecule has 0 aliphatic heterocycles. The zero-order valence-electron chi connectivity index (χ0n) is 9.60. The molecule has 5 nitrogen and oxygen atoms in total. The number of esters is 1. The monoisotopic (exact) mass is 251 g/mol. The minimum absolute atomic E-state index is 0.112. The van der Waals surface area contributed by atoms with Gasteiger partial charge in [0.05, 0.1) is 11.5 Å².